The van der Waals surface area contributed by atoms with Crippen LogP contribution in [-0.2, 0) is 6.18 Å². The molecule has 144 valence electrons. The Morgan fingerprint density at radius 3 is 2.42 bits per heavy atom. The Hall–Kier alpha value is -1.31. The predicted octanol–water partition coefficient (Wildman–Crippen LogP) is 4.56. The molecule has 0 bridgehead atoms. The molecule has 7 heteroatoms. The predicted molar refractivity (Wildman–Crippen MR) is 103 cm³/mol. The molecule has 1 aromatic carbocycles. The summed E-state index contributed by atoms with van der Waals surface area (Å²) >= 11 is 1.39. The fourth-order valence-corrected chi connectivity index (χ4v) is 4.49. The van der Waals surface area contributed by atoms with Crippen molar-refractivity contribution < 1.29 is 13.2 Å². The lowest BCUT2D eigenvalue weighted by atomic mass is 10.1. The topological polar surface area (TPSA) is 32.5 Å². The van der Waals surface area contributed by atoms with Gasteiger partial charge in [0.15, 0.2) is 0 Å². The number of anilines is 1. The van der Waals surface area contributed by atoms with Crippen LogP contribution in [0.4, 0.5) is 18.9 Å². The molecular formula is C19H26F3N3S. The Morgan fingerprint density at radius 1 is 1.00 bits per heavy atom. The van der Waals surface area contributed by atoms with E-state index in [-0.39, 0.29) is 0 Å². The van der Waals surface area contributed by atoms with Crippen molar-refractivity contribution in [1.29, 1.82) is 0 Å². The molecular weight excluding hydrogens is 359 g/mol. The van der Waals surface area contributed by atoms with Crippen LogP contribution in [0.2, 0.25) is 0 Å². The first-order valence-corrected chi connectivity index (χ1v) is 10.1. The second-order valence-electron chi connectivity index (χ2n) is 6.86. The molecule has 1 saturated heterocycles. The fraction of sp³-hybridized carbons (Fsp3) is 0.579. The van der Waals surface area contributed by atoms with Crippen LogP contribution in [0, 0.1) is 0 Å². The Bertz CT molecular complexity index is 706. The summed E-state index contributed by atoms with van der Waals surface area (Å²) < 4.78 is 39.3. The standard InChI is InChI=1S/C19H26F3N3S/c20-19(21,22)15-5-6-16-17(14-26-18(16)13-15)25-11-9-24(10-12-25)8-4-2-1-3-7-23/h5-6,13-14H,1-4,7-12,23H2. The van der Waals surface area contributed by atoms with Crippen molar-refractivity contribution >= 4 is 27.1 Å². The number of hydrogen-bond acceptors (Lipinski definition) is 4. The maximum absolute atomic E-state index is 12.9. The molecule has 3 rings (SSSR count). The third kappa shape index (κ3) is 4.69. The van der Waals surface area contributed by atoms with Crippen LogP contribution in [0.5, 0.6) is 0 Å². The molecule has 0 unspecified atom stereocenters. The number of benzene rings is 1. The van der Waals surface area contributed by atoms with Gasteiger partial charge in [0.25, 0.3) is 0 Å². The van der Waals surface area contributed by atoms with Crippen molar-refractivity contribution in [3.05, 3.63) is 29.1 Å². The van der Waals surface area contributed by atoms with E-state index in [9.17, 15) is 13.2 Å². The molecule has 3 nitrogen and oxygen atoms in total. The van der Waals surface area contributed by atoms with Crippen LogP contribution in [-0.4, -0.2) is 44.2 Å². The maximum atomic E-state index is 12.9. The second kappa shape index (κ2) is 8.59. The Morgan fingerprint density at radius 2 is 1.73 bits per heavy atom. The van der Waals surface area contributed by atoms with Crippen LogP contribution >= 0.6 is 11.3 Å². The van der Waals surface area contributed by atoms with E-state index in [2.05, 4.69) is 9.80 Å². The van der Waals surface area contributed by atoms with Gasteiger partial charge in [-0.05, 0) is 38.1 Å². The van der Waals surface area contributed by atoms with Crippen LogP contribution in [0.1, 0.15) is 31.2 Å². The Balaban J connectivity index is 1.56. The van der Waals surface area contributed by atoms with Crippen LogP contribution < -0.4 is 10.6 Å². The molecule has 2 heterocycles. The number of hydrogen-bond donors (Lipinski definition) is 1. The summed E-state index contributed by atoms with van der Waals surface area (Å²) in [6.07, 6.45) is 0.468. The van der Waals surface area contributed by atoms with Crippen molar-refractivity contribution in [3.63, 3.8) is 0 Å². The SMILES string of the molecule is NCCCCCCN1CCN(c2csc3cc(C(F)(F)F)ccc23)CC1. The first-order chi connectivity index (χ1) is 12.5. The minimum Gasteiger partial charge on any atom is -0.368 e. The minimum absolute atomic E-state index is 0.571. The van der Waals surface area contributed by atoms with Crippen LogP contribution in [0.15, 0.2) is 23.6 Å². The van der Waals surface area contributed by atoms with E-state index in [4.69, 9.17) is 5.73 Å². The van der Waals surface area contributed by atoms with E-state index >= 15 is 0 Å². The Labute approximate surface area is 156 Å². The molecule has 1 fully saturated rings. The quantitative estimate of drug-likeness (QED) is 0.709. The number of alkyl halides is 3. The number of unbranched alkanes of at least 4 members (excludes halogenated alkanes) is 3. The summed E-state index contributed by atoms with van der Waals surface area (Å²) in [5.41, 5.74) is 6.01. The molecule has 0 saturated carbocycles. The van der Waals surface area contributed by atoms with Crippen molar-refractivity contribution in [3.8, 4) is 0 Å². The lowest BCUT2D eigenvalue weighted by molar-refractivity contribution is -0.137. The highest BCUT2D eigenvalue weighted by atomic mass is 32.1. The third-order valence-electron chi connectivity index (χ3n) is 5.02. The van der Waals surface area contributed by atoms with Crippen molar-refractivity contribution in [2.75, 3.05) is 44.2 Å². The third-order valence-corrected chi connectivity index (χ3v) is 5.96. The number of fused-ring (bicyclic) bond motifs is 1. The monoisotopic (exact) mass is 385 g/mol. The molecule has 2 aromatic rings. The van der Waals surface area contributed by atoms with Crippen molar-refractivity contribution in [2.24, 2.45) is 5.73 Å². The van der Waals surface area contributed by atoms with Crippen LogP contribution in [0.25, 0.3) is 10.1 Å². The smallest absolute Gasteiger partial charge is 0.368 e. The molecule has 2 N–H and O–H groups in total. The molecule has 0 aliphatic carbocycles. The molecule has 0 amide bonds. The van der Waals surface area contributed by atoms with Gasteiger partial charge in [-0.25, -0.2) is 0 Å². The first-order valence-electron chi connectivity index (χ1n) is 9.25. The van der Waals surface area contributed by atoms with Gasteiger partial charge in [0.2, 0.25) is 0 Å². The number of thiophene rings is 1. The number of rotatable bonds is 7. The van der Waals surface area contributed by atoms with Gasteiger partial charge in [-0.3, -0.25) is 4.90 Å². The average molecular weight is 385 g/mol. The van der Waals surface area contributed by atoms with Gasteiger partial charge < -0.3 is 10.6 Å². The average Bonchev–Trinajstić information content (AvgIpc) is 3.04. The summed E-state index contributed by atoms with van der Waals surface area (Å²) in [6, 6.07) is 4.07. The molecule has 1 aliphatic rings. The molecule has 0 atom stereocenters. The number of nitrogens with two attached hydrogens (primary N) is 1. The summed E-state index contributed by atoms with van der Waals surface area (Å²) in [5.74, 6) is 0. The van der Waals surface area contributed by atoms with Crippen molar-refractivity contribution in [2.45, 2.75) is 31.9 Å². The summed E-state index contributed by atoms with van der Waals surface area (Å²) in [4.78, 5) is 4.78. The normalized spacial score (nSPS) is 16.5. The zero-order valence-electron chi connectivity index (χ0n) is 14.9. The van der Waals surface area contributed by atoms with E-state index < -0.39 is 11.7 Å². The van der Waals surface area contributed by atoms with E-state index in [0.29, 0.717) is 4.70 Å². The van der Waals surface area contributed by atoms with E-state index in [1.807, 2.05) is 5.38 Å². The highest BCUT2D eigenvalue weighted by Crippen LogP contribution is 2.38. The first kappa shape index (κ1) is 19.5. The minimum atomic E-state index is -4.28. The molecule has 0 radical (unpaired) electrons. The summed E-state index contributed by atoms with van der Waals surface area (Å²) in [5, 5.41) is 2.92. The van der Waals surface area contributed by atoms with Crippen LogP contribution in [0.3, 0.4) is 0 Å². The largest absolute Gasteiger partial charge is 0.416 e. The lowest BCUT2D eigenvalue weighted by Gasteiger charge is -2.36. The van der Waals surface area contributed by atoms with Gasteiger partial charge in [-0.15, -0.1) is 11.3 Å². The molecule has 26 heavy (non-hydrogen) atoms. The van der Waals surface area contributed by atoms with Gasteiger partial charge in [-0.2, -0.15) is 13.2 Å². The van der Waals surface area contributed by atoms with Gasteiger partial charge in [0.05, 0.1) is 11.3 Å². The second-order valence-corrected chi connectivity index (χ2v) is 7.77. The van der Waals surface area contributed by atoms with Gasteiger partial charge in [-0.1, -0.05) is 18.9 Å². The zero-order chi connectivity index (χ0) is 18.6. The maximum Gasteiger partial charge on any atom is 0.416 e. The molecule has 0 spiro atoms. The highest BCUT2D eigenvalue weighted by molar-refractivity contribution is 7.17. The van der Waals surface area contributed by atoms with E-state index in [0.717, 1.165) is 56.8 Å². The van der Waals surface area contributed by atoms with Gasteiger partial charge in [0.1, 0.15) is 0 Å². The fourth-order valence-electron chi connectivity index (χ4n) is 3.48. The number of nitrogens with zero attached hydrogens (tertiary/aromatic N) is 2. The summed E-state index contributed by atoms with van der Waals surface area (Å²) in [7, 11) is 0. The highest BCUT2D eigenvalue weighted by Gasteiger charge is 2.31. The van der Waals surface area contributed by atoms with Gasteiger partial charge >= 0.3 is 6.18 Å². The molecule has 1 aromatic heterocycles. The summed E-state index contributed by atoms with van der Waals surface area (Å²) in [6.45, 7) is 5.77. The zero-order valence-corrected chi connectivity index (χ0v) is 15.7. The van der Waals surface area contributed by atoms with E-state index in [1.165, 1.54) is 42.7 Å². The lowest BCUT2D eigenvalue weighted by Crippen LogP contribution is -2.46. The van der Waals surface area contributed by atoms with Crippen molar-refractivity contribution in [1.82, 2.24) is 4.90 Å². The van der Waals surface area contributed by atoms with E-state index in [1.54, 1.807) is 6.07 Å². The molecule has 1 aliphatic heterocycles. The number of piperazine rings is 1. The Kier molecular flexibility index (Phi) is 6.42. The number of halogens is 3. The van der Waals surface area contributed by atoms with Gasteiger partial charge in [0, 0.05) is 41.6 Å².